The van der Waals surface area contributed by atoms with Crippen LogP contribution in [-0.4, -0.2) is 49.2 Å². The lowest BCUT2D eigenvalue weighted by Crippen LogP contribution is -2.42. The van der Waals surface area contributed by atoms with Crippen LogP contribution < -0.4 is 4.90 Å². The molecule has 0 N–H and O–H groups in total. The van der Waals surface area contributed by atoms with Crippen LogP contribution in [0.25, 0.3) is 11.0 Å². The summed E-state index contributed by atoms with van der Waals surface area (Å²) >= 11 is 0. The van der Waals surface area contributed by atoms with E-state index in [4.69, 9.17) is 4.63 Å². The number of fused-ring (bicyclic) bond motifs is 1. The first-order valence-corrected chi connectivity index (χ1v) is 11.7. The van der Waals surface area contributed by atoms with Crippen molar-refractivity contribution in [1.82, 2.24) is 14.6 Å². The second-order valence-corrected chi connectivity index (χ2v) is 11.1. The van der Waals surface area contributed by atoms with Gasteiger partial charge in [-0.15, -0.1) is 0 Å². The molecule has 3 heterocycles. The molecule has 2 saturated heterocycles. The van der Waals surface area contributed by atoms with Gasteiger partial charge in [-0.05, 0) is 59.0 Å². The highest BCUT2D eigenvalue weighted by atomic mass is 32.2. The fourth-order valence-corrected chi connectivity index (χ4v) is 6.89. The molecule has 2 aromatic rings. The number of hydrogen-bond donors (Lipinski definition) is 0. The van der Waals surface area contributed by atoms with Crippen molar-refractivity contribution in [2.75, 3.05) is 31.1 Å². The van der Waals surface area contributed by atoms with Crippen LogP contribution in [0.1, 0.15) is 40.5 Å². The maximum Gasteiger partial charge on any atom is 0.245 e. The standard InChI is InChI=1S/C20H30N4O3S/c1-13-7-14(2)10-23(9-13)17-5-6-18(20-19(17)21-27-22-20)28(25,26)24-11-15(3)8-16(4)12-24/h5-6,13-16H,7-12H2,1-4H3/t13-,14+,15-,16-/m0/s1. The first kappa shape index (κ1) is 19.6. The predicted octanol–water partition coefficient (Wildman–Crippen LogP) is 3.37. The van der Waals surface area contributed by atoms with E-state index in [0.29, 0.717) is 47.8 Å². The average Bonchev–Trinajstić information content (AvgIpc) is 3.08. The summed E-state index contributed by atoms with van der Waals surface area (Å²) in [5, 5.41) is 8.08. The van der Waals surface area contributed by atoms with Crippen molar-refractivity contribution < 1.29 is 13.0 Å². The van der Waals surface area contributed by atoms with E-state index in [1.54, 1.807) is 10.4 Å². The Balaban J connectivity index is 1.73. The Morgan fingerprint density at radius 3 is 2.00 bits per heavy atom. The van der Waals surface area contributed by atoms with Crippen LogP contribution in [-0.2, 0) is 10.0 Å². The highest BCUT2D eigenvalue weighted by Gasteiger charge is 2.35. The Labute approximate surface area is 167 Å². The third-order valence-corrected chi connectivity index (χ3v) is 7.88. The molecule has 8 heteroatoms. The monoisotopic (exact) mass is 406 g/mol. The second-order valence-electron chi connectivity index (χ2n) is 9.16. The molecule has 0 amide bonds. The van der Waals surface area contributed by atoms with Gasteiger partial charge in [0.1, 0.15) is 4.90 Å². The van der Waals surface area contributed by atoms with Gasteiger partial charge in [-0.1, -0.05) is 27.7 Å². The Morgan fingerprint density at radius 2 is 1.39 bits per heavy atom. The summed E-state index contributed by atoms with van der Waals surface area (Å²) in [6.07, 6.45) is 2.26. The second kappa shape index (κ2) is 7.30. The predicted molar refractivity (Wildman–Crippen MR) is 109 cm³/mol. The van der Waals surface area contributed by atoms with Crippen molar-refractivity contribution in [3.8, 4) is 0 Å². The van der Waals surface area contributed by atoms with Crippen molar-refractivity contribution in [2.24, 2.45) is 23.7 Å². The van der Waals surface area contributed by atoms with Gasteiger partial charge in [0.25, 0.3) is 0 Å². The molecule has 7 nitrogen and oxygen atoms in total. The number of piperidine rings is 2. The zero-order chi connectivity index (χ0) is 20.1. The number of rotatable bonds is 3. The molecule has 0 bridgehead atoms. The Morgan fingerprint density at radius 1 is 0.857 bits per heavy atom. The maximum absolute atomic E-state index is 13.4. The first-order chi connectivity index (χ1) is 13.3. The van der Waals surface area contributed by atoms with Gasteiger partial charge in [0.2, 0.25) is 10.0 Å². The molecule has 4 rings (SSSR count). The largest absolute Gasteiger partial charge is 0.369 e. The van der Waals surface area contributed by atoms with E-state index in [9.17, 15) is 8.42 Å². The summed E-state index contributed by atoms with van der Waals surface area (Å²) in [6, 6.07) is 3.56. The number of anilines is 1. The summed E-state index contributed by atoms with van der Waals surface area (Å²) in [7, 11) is -3.64. The van der Waals surface area contributed by atoms with Crippen LogP contribution in [0, 0.1) is 23.7 Å². The third kappa shape index (κ3) is 3.52. The number of nitrogens with zero attached hydrogens (tertiary/aromatic N) is 4. The third-order valence-electron chi connectivity index (χ3n) is 6.02. The summed E-state index contributed by atoms with van der Waals surface area (Å²) in [6.45, 7) is 11.7. The Kier molecular flexibility index (Phi) is 5.12. The average molecular weight is 407 g/mol. The minimum Gasteiger partial charge on any atom is -0.369 e. The minimum absolute atomic E-state index is 0.201. The summed E-state index contributed by atoms with van der Waals surface area (Å²) < 4.78 is 33.4. The SMILES string of the molecule is C[C@@H]1C[C@H](C)CN(c2ccc(S(=O)(=O)N3C[C@@H](C)C[C@H](C)C3)c3nonc23)C1. The molecule has 28 heavy (non-hydrogen) atoms. The van der Waals surface area contributed by atoms with E-state index >= 15 is 0 Å². The van der Waals surface area contributed by atoms with Crippen LogP contribution in [0.15, 0.2) is 21.7 Å². The maximum atomic E-state index is 13.4. The Hall–Kier alpha value is -1.67. The number of hydrogen-bond acceptors (Lipinski definition) is 6. The summed E-state index contributed by atoms with van der Waals surface area (Å²) in [4.78, 5) is 2.49. The smallest absolute Gasteiger partial charge is 0.245 e. The van der Waals surface area contributed by atoms with E-state index < -0.39 is 10.0 Å². The van der Waals surface area contributed by atoms with Crippen LogP contribution in [0.2, 0.25) is 0 Å². The van der Waals surface area contributed by atoms with E-state index in [2.05, 4.69) is 42.9 Å². The molecule has 2 fully saturated rings. The molecule has 0 saturated carbocycles. The van der Waals surface area contributed by atoms with Gasteiger partial charge < -0.3 is 4.90 Å². The van der Waals surface area contributed by atoms with Crippen LogP contribution in [0.3, 0.4) is 0 Å². The number of benzene rings is 1. The van der Waals surface area contributed by atoms with Crippen molar-refractivity contribution in [1.29, 1.82) is 0 Å². The van der Waals surface area contributed by atoms with E-state index in [1.807, 2.05) is 6.07 Å². The van der Waals surface area contributed by atoms with Crippen molar-refractivity contribution in [3.63, 3.8) is 0 Å². The van der Waals surface area contributed by atoms with Crippen molar-refractivity contribution >= 4 is 26.7 Å². The van der Waals surface area contributed by atoms with Gasteiger partial charge in [-0.2, -0.15) is 4.31 Å². The van der Waals surface area contributed by atoms with Crippen molar-refractivity contribution in [2.45, 2.75) is 45.4 Å². The molecule has 1 aromatic carbocycles. The van der Waals surface area contributed by atoms with Gasteiger partial charge in [0, 0.05) is 26.2 Å². The normalized spacial score (nSPS) is 30.1. The van der Waals surface area contributed by atoms with Crippen LogP contribution in [0.5, 0.6) is 0 Å². The lowest BCUT2D eigenvalue weighted by atomic mass is 9.91. The molecule has 0 spiro atoms. The van der Waals surface area contributed by atoms with Crippen LogP contribution in [0.4, 0.5) is 5.69 Å². The summed E-state index contributed by atoms with van der Waals surface area (Å²) in [5.41, 5.74) is 1.80. The van der Waals surface area contributed by atoms with Crippen molar-refractivity contribution in [3.05, 3.63) is 12.1 Å². The van der Waals surface area contributed by atoms with Gasteiger partial charge in [0.15, 0.2) is 11.0 Å². The fourth-order valence-electron chi connectivity index (χ4n) is 5.09. The van der Waals surface area contributed by atoms with Crippen LogP contribution >= 0.6 is 0 Å². The van der Waals surface area contributed by atoms with Gasteiger partial charge >= 0.3 is 0 Å². The molecule has 1 aromatic heterocycles. The number of aromatic nitrogens is 2. The van der Waals surface area contributed by atoms with E-state index in [0.717, 1.165) is 25.2 Å². The molecular weight excluding hydrogens is 376 g/mol. The van der Waals surface area contributed by atoms with Gasteiger partial charge in [-0.3, -0.25) is 0 Å². The highest BCUT2D eigenvalue weighted by molar-refractivity contribution is 7.89. The molecule has 0 aliphatic carbocycles. The molecule has 2 aliphatic heterocycles. The zero-order valence-corrected chi connectivity index (χ0v) is 17.9. The first-order valence-electron chi connectivity index (χ1n) is 10.3. The quantitative estimate of drug-likeness (QED) is 0.777. The highest BCUT2D eigenvalue weighted by Crippen LogP contribution is 2.35. The molecular formula is C20H30N4O3S. The van der Waals surface area contributed by atoms with E-state index in [1.165, 1.54) is 6.42 Å². The number of sulfonamides is 1. The Bertz CT molecular complexity index is 938. The lowest BCUT2D eigenvalue weighted by Gasteiger charge is -2.36. The van der Waals surface area contributed by atoms with Gasteiger partial charge in [-0.25, -0.2) is 13.0 Å². The lowest BCUT2D eigenvalue weighted by molar-refractivity contribution is 0.222. The molecule has 0 unspecified atom stereocenters. The zero-order valence-electron chi connectivity index (χ0n) is 17.1. The van der Waals surface area contributed by atoms with E-state index in [-0.39, 0.29) is 4.90 Å². The minimum atomic E-state index is -3.64. The molecule has 0 radical (unpaired) electrons. The molecule has 2 aliphatic rings. The molecule has 4 atom stereocenters. The molecule has 154 valence electrons. The summed E-state index contributed by atoms with van der Waals surface area (Å²) in [5.74, 6) is 1.86. The fraction of sp³-hybridized carbons (Fsp3) is 0.700. The topological polar surface area (TPSA) is 79.5 Å². The van der Waals surface area contributed by atoms with Gasteiger partial charge in [0.05, 0.1) is 5.69 Å².